The lowest BCUT2D eigenvalue weighted by Crippen LogP contribution is -2.31. The predicted octanol–water partition coefficient (Wildman–Crippen LogP) is 2.76. The van der Waals surface area contributed by atoms with E-state index in [4.69, 9.17) is 21.6 Å². The van der Waals surface area contributed by atoms with Crippen molar-refractivity contribution in [2.75, 3.05) is 13.1 Å². The molecule has 0 aliphatic carbocycles. The van der Waals surface area contributed by atoms with Crippen LogP contribution in [-0.2, 0) is 10.0 Å². The van der Waals surface area contributed by atoms with Crippen LogP contribution in [0.25, 0.3) is 0 Å². The molecule has 0 saturated carbocycles. The van der Waals surface area contributed by atoms with Crippen molar-refractivity contribution in [3.05, 3.63) is 52.7 Å². The minimum absolute atomic E-state index is 0.213. The minimum Gasteiger partial charge on any atom is -0.473 e. The number of rotatable bonds is 4. The second kappa shape index (κ2) is 7.00. The van der Waals surface area contributed by atoms with Crippen molar-refractivity contribution in [3.8, 4) is 11.9 Å². The van der Waals surface area contributed by atoms with Gasteiger partial charge in [0.15, 0.2) is 0 Å². The van der Waals surface area contributed by atoms with E-state index in [9.17, 15) is 8.42 Å². The van der Waals surface area contributed by atoms with Crippen molar-refractivity contribution in [1.29, 1.82) is 5.26 Å². The normalized spacial score (nSPS) is 18.0. The van der Waals surface area contributed by atoms with E-state index < -0.39 is 10.0 Å². The second-order valence-electron chi connectivity index (χ2n) is 5.80. The summed E-state index contributed by atoms with van der Waals surface area (Å²) >= 11 is 5.95. The lowest BCUT2D eigenvalue weighted by atomic mass is 10.2. The zero-order valence-corrected chi connectivity index (χ0v) is 15.1. The van der Waals surface area contributed by atoms with Crippen molar-refractivity contribution in [3.63, 3.8) is 0 Å². The van der Waals surface area contributed by atoms with Crippen molar-refractivity contribution >= 4 is 21.6 Å². The molecular weight excluding hydrogens is 362 g/mol. The third kappa shape index (κ3) is 3.76. The maximum Gasteiger partial charge on any atom is 0.243 e. The van der Waals surface area contributed by atoms with Crippen molar-refractivity contribution < 1.29 is 13.2 Å². The first kappa shape index (κ1) is 17.7. The summed E-state index contributed by atoms with van der Waals surface area (Å²) in [5.41, 5.74) is 1.10. The molecule has 0 radical (unpaired) electrons. The van der Waals surface area contributed by atoms with Gasteiger partial charge in [0.25, 0.3) is 0 Å². The number of hydrogen-bond acceptors (Lipinski definition) is 5. The summed E-state index contributed by atoms with van der Waals surface area (Å²) in [6.07, 6.45) is 1.74. The quantitative estimate of drug-likeness (QED) is 0.818. The lowest BCUT2D eigenvalue weighted by Gasteiger charge is -2.18. The van der Waals surface area contributed by atoms with Crippen LogP contribution in [0.5, 0.6) is 5.88 Å². The molecule has 6 nitrogen and oxygen atoms in total. The average molecular weight is 378 g/mol. The van der Waals surface area contributed by atoms with E-state index in [1.807, 2.05) is 6.07 Å². The van der Waals surface area contributed by atoms with Gasteiger partial charge >= 0.3 is 0 Å². The average Bonchev–Trinajstić information content (AvgIpc) is 3.06. The molecule has 1 atom stereocenters. The summed E-state index contributed by atoms with van der Waals surface area (Å²) in [5.74, 6) is 0.322. The smallest absolute Gasteiger partial charge is 0.243 e. The highest BCUT2D eigenvalue weighted by molar-refractivity contribution is 7.89. The maximum atomic E-state index is 12.9. The molecule has 2 aromatic rings. The van der Waals surface area contributed by atoms with Gasteiger partial charge in [-0.3, -0.25) is 0 Å². The molecule has 130 valence electrons. The Morgan fingerprint density at radius 1 is 1.36 bits per heavy atom. The van der Waals surface area contributed by atoms with Crippen LogP contribution in [0.4, 0.5) is 0 Å². The highest BCUT2D eigenvalue weighted by atomic mass is 35.5. The third-order valence-corrected chi connectivity index (χ3v) is 6.27. The predicted molar refractivity (Wildman–Crippen MR) is 92.9 cm³/mol. The van der Waals surface area contributed by atoms with Gasteiger partial charge in [-0.05, 0) is 37.1 Å². The van der Waals surface area contributed by atoms with Gasteiger partial charge in [0, 0.05) is 23.8 Å². The zero-order chi connectivity index (χ0) is 18.0. The number of nitriles is 1. The van der Waals surface area contributed by atoms with Gasteiger partial charge in [0.2, 0.25) is 15.9 Å². The Kier molecular flexibility index (Phi) is 4.95. The Labute approximate surface area is 151 Å². The Balaban J connectivity index is 1.76. The standard InChI is InChI=1S/C17H16ClN3O3S/c1-12-2-3-14(18)9-16(12)25(22,23)21-7-5-15(11-21)24-17-8-13(10-19)4-6-20-17/h2-4,6,8-9,15H,5,7,11H2,1H3. The molecule has 1 unspecified atom stereocenters. The Hall–Kier alpha value is -2.14. The fraction of sp³-hybridized carbons (Fsp3) is 0.294. The molecule has 0 amide bonds. The summed E-state index contributed by atoms with van der Waals surface area (Å²) in [4.78, 5) is 4.28. The molecule has 1 fully saturated rings. The molecule has 0 N–H and O–H groups in total. The SMILES string of the molecule is Cc1ccc(Cl)cc1S(=O)(=O)N1CCC(Oc2cc(C#N)ccn2)C1. The summed E-state index contributed by atoms with van der Waals surface area (Å²) in [5, 5.41) is 9.30. The van der Waals surface area contributed by atoms with Gasteiger partial charge in [-0.15, -0.1) is 0 Å². The van der Waals surface area contributed by atoms with Crippen LogP contribution in [0.3, 0.4) is 0 Å². The van der Waals surface area contributed by atoms with Crippen LogP contribution in [0.15, 0.2) is 41.4 Å². The summed E-state index contributed by atoms with van der Waals surface area (Å²) < 4.78 is 32.8. The van der Waals surface area contributed by atoms with Crippen LogP contribution in [0.1, 0.15) is 17.5 Å². The van der Waals surface area contributed by atoms with Crippen LogP contribution in [0, 0.1) is 18.3 Å². The number of aromatic nitrogens is 1. The number of hydrogen-bond donors (Lipinski definition) is 0. The fourth-order valence-electron chi connectivity index (χ4n) is 2.72. The van der Waals surface area contributed by atoms with Crippen LogP contribution in [-0.4, -0.2) is 36.9 Å². The summed E-state index contributed by atoms with van der Waals surface area (Å²) in [7, 11) is -3.63. The van der Waals surface area contributed by atoms with Gasteiger partial charge in [-0.2, -0.15) is 9.57 Å². The molecule has 25 heavy (non-hydrogen) atoms. The molecule has 0 bridgehead atoms. The molecule has 1 aromatic heterocycles. The van der Waals surface area contributed by atoms with E-state index in [1.165, 1.54) is 22.6 Å². The number of sulfonamides is 1. The Morgan fingerprint density at radius 2 is 2.16 bits per heavy atom. The van der Waals surface area contributed by atoms with Crippen LogP contribution in [0.2, 0.25) is 5.02 Å². The summed E-state index contributed by atoms with van der Waals surface area (Å²) in [6.45, 7) is 2.33. The van der Waals surface area contributed by atoms with Gasteiger partial charge in [0.1, 0.15) is 6.10 Å². The molecule has 3 rings (SSSR count). The molecule has 8 heteroatoms. The van der Waals surface area contributed by atoms with Crippen LogP contribution >= 0.6 is 11.6 Å². The van der Waals surface area contributed by atoms with E-state index in [0.717, 1.165) is 0 Å². The number of halogens is 1. The van der Waals surface area contributed by atoms with Crippen molar-refractivity contribution in [1.82, 2.24) is 9.29 Å². The molecular formula is C17H16ClN3O3S. The number of benzene rings is 1. The molecule has 1 saturated heterocycles. The van der Waals surface area contributed by atoms with E-state index in [1.54, 1.807) is 25.1 Å². The first-order valence-electron chi connectivity index (χ1n) is 7.69. The van der Waals surface area contributed by atoms with E-state index in [-0.39, 0.29) is 17.5 Å². The minimum atomic E-state index is -3.63. The molecule has 0 spiro atoms. The van der Waals surface area contributed by atoms with E-state index >= 15 is 0 Å². The highest BCUT2D eigenvalue weighted by Gasteiger charge is 2.34. The van der Waals surface area contributed by atoms with Crippen LogP contribution < -0.4 is 4.74 Å². The molecule has 1 aliphatic heterocycles. The van der Waals surface area contributed by atoms with E-state index in [0.29, 0.717) is 35.0 Å². The van der Waals surface area contributed by atoms with Gasteiger partial charge in [-0.1, -0.05) is 17.7 Å². The number of pyridine rings is 1. The molecule has 1 aliphatic rings. The monoisotopic (exact) mass is 377 g/mol. The number of ether oxygens (including phenoxy) is 1. The highest BCUT2D eigenvalue weighted by Crippen LogP contribution is 2.27. The van der Waals surface area contributed by atoms with Gasteiger partial charge in [-0.25, -0.2) is 13.4 Å². The van der Waals surface area contributed by atoms with Gasteiger partial charge in [0.05, 0.1) is 23.1 Å². The van der Waals surface area contributed by atoms with E-state index in [2.05, 4.69) is 4.98 Å². The molecule has 1 aromatic carbocycles. The lowest BCUT2D eigenvalue weighted by molar-refractivity contribution is 0.207. The topological polar surface area (TPSA) is 83.3 Å². The van der Waals surface area contributed by atoms with Crippen molar-refractivity contribution in [2.45, 2.75) is 24.3 Å². The fourth-order valence-corrected chi connectivity index (χ4v) is 4.69. The second-order valence-corrected chi connectivity index (χ2v) is 8.14. The van der Waals surface area contributed by atoms with Gasteiger partial charge < -0.3 is 4.74 Å². The summed E-state index contributed by atoms with van der Waals surface area (Å²) in [6, 6.07) is 9.97. The number of nitrogens with zero attached hydrogens (tertiary/aromatic N) is 3. The zero-order valence-electron chi connectivity index (χ0n) is 13.5. The largest absolute Gasteiger partial charge is 0.473 e. The Morgan fingerprint density at radius 3 is 2.92 bits per heavy atom. The third-order valence-electron chi connectivity index (χ3n) is 4.03. The first-order valence-corrected chi connectivity index (χ1v) is 9.51. The van der Waals surface area contributed by atoms with Crippen molar-refractivity contribution in [2.24, 2.45) is 0 Å². The molecule has 2 heterocycles. The maximum absolute atomic E-state index is 12.9. The number of aryl methyl sites for hydroxylation is 1. The first-order chi connectivity index (χ1) is 11.9. The Bertz CT molecular complexity index is 940.